The van der Waals surface area contributed by atoms with Crippen LogP contribution in [0.15, 0.2) is 36.4 Å². The minimum atomic E-state index is -0.533. The Morgan fingerprint density at radius 2 is 1.95 bits per heavy atom. The quantitative estimate of drug-likeness (QED) is 0.834. The molecule has 0 radical (unpaired) electrons. The zero-order chi connectivity index (χ0) is 15.2. The molecule has 2 amide bonds. The number of carbonyl (C=O) groups is 2. The molecule has 0 saturated heterocycles. The Bertz CT molecular complexity index is 516. The molecular formula is C15H20N2O3. The summed E-state index contributed by atoms with van der Waals surface area (Å²) < 4.78 is 5.15. The molecule has 0 aliphatic rings. The number of carbonyl (C=O) groups excluding carboxylic acids is 2. The minimum absolute atomic E-state index is 0.233. The van der Waals surface area contributed by atoms with Gasteiger partial charge in [-0.25, -0.2) is 4.79 Å². The van der Waals surface area contributed by atoms with Gasteiger partial charge >= 0.3 is 6.09 Å². The number of nitrogens with one attached hydrogen (secondary N) is 2. The third-order valence-electron chi connectivity index (χ3n) is 2.11. The van der Waals surface area contributed by atoms with Crippen molar-refractivity contribution in [2.75, 3.05) is 5.32 Å². The number of allylic oxidation sites excluding steroid dienone is 1. The fourth-order valence-electron chi connectivity index (χ4n) is 1.41. The highest BCUT2D eigenvalue weighted by molar-refractivity contribution is 5.99. The second-order valence-electron chi connectivity index (χ2n) is 5.28. The molecule has 0 heterocycles. The van der Waals surface area contributed by atoms with Gasteiger partial charge in [-0.05, 0) is 45.9 Å². The van der Waals surface area contributed by atoms with E-state index in [1.165, 1.54) is 6.08 Å². The first-order chi connectivity index (χ1) is 9.30. The molecule has 0 aliphatic heterocycles. The van der Waals surface area contributed by atoms with E-state index in [0.29, 0.717) is 11.4 Å². The smallest absolute Gasteiger partial charge is 0.410 e. The maximum Gasteiger partial charge on any atom is 0.413 e. The Morgan fingerprint density at radius 1 is 1.25 bits per heavy atom. The molecule has 20 heavy (non-hydrogen) atoms. The van der Waals surface area contributed by atoms with Crippen LogP contribution < -0.4 is 15.4 Å². The lowest BCUT2D eigenvalue weighted by Gasteiger charge is -2.19. The molecule has 5 nitrogen and oxygen atoms in total. The average molecular weight is 276 g/mol. The van der Waals surface area contributed by atoms with Gasteiger partial charge in [-0.2, -0.15) is 0 Å². The molecule has 108 valence electrons. The Kier molecular flexibility index (Phi) is 5.32. The molecule has 1 rings (SSSR count). The first-order valence-electron chi connectivity index (χ1n) is 6.34. The summed E-state index contributed by atoms with van der Waals surface area (Å²) in [6, 6.07) is 6.65. The molecular weight excluding hydrogens is 256 g/mol. The summed E-state index contributed by atoms with van der Waals surface area (Å²) in [5, 5.41) is 5.36. The monoisotopic (exact) mass is 276 g/mol. The summed E-state index contributed by atoms with van der Waals surface area (Å²) >= 11 is 0. The molecule has 0 bridgehead atoms. The molecule has 0 aromatic heterocycles. The van der Waals surface area contributed by atoms with Gasteiger partial charge in [-0.1, -0.05) is 12.1 Å². The standard InChI is InChI=1S/C15H20N2O3/c1-5-7-13(18)16-11-8-6-9-12(10-11)20-14(19)17-15(2,3)4/h5-10H,1-4H3,(H,16,18)(H,17,19)/b7-5+. The van der Waals surface area contributed by atoms with Crippen LogP contribution in [0.3, 0.4) is 0 Å². The largest absolute Gasteiger partial charge is 0.413 e. The van der Waals surface area contributed by atoms with Gasteiger partial charge in [-0.3, -0.25) is 4.79 Å². The predicted octanol–water partition coefficient (Wildman–Crippen LogP) is 3.09. The van der Waals surface area contributed by atoms with E-state index in [-0.39, 0.29) is 11.4 Å². The van der Waals surface area contributed by atoms with E-state index in [1.54, 1.807) is 37.3 Å². The van der Waals surface area contributed by atoms with Crippen molar-refractivity contribution in [3.8, 4) is 5.75 Å². The van der Waals surface area contributed by atoms with Gasteiger partial charge in [-0.15, -0.1) is 0 Å². The molecule has 1 aromatic rings. The van der Waals surface area contributed by atoms with Gasteiger partial charge in [0.1, 0.15) is 5.75 Å². The van der Waals surface area contributed by atoms with Crippen molar-refractivity contribution in [1.29, 1.82) is 0 Å². The second-order valence-corrected chi connectivity index (χ2v) is 5.28. The van der Waals surface area contributed by atoms with Crippen molar-refractivity contribution in [2.24, 2.45) is 0 Å². The lowest BCUT2D eigenvalue weighted by atomic mass is 10.1. The van der Waals surface area contributed by atoms with Crippen molar-refractivity contribution in [3.63, 3.8) is 0 Å². The molecule has 0 fully saturated rings. The normalized spacial score (nSPS) is 11.2. The lowest BCUT2D eigenvalue weighted by Crippen LogP contribution is -2.42. The van der Waals surface area contributed by atoms with Crippen LogP contribution in [-0.2, 0) is 4.79 Å². The fourth-order valence-corrected chi connectivity index (χ4v) is 1.41. The Hall–Kier alpha value is -2.30. The Balaban J connectivity index is 2.69. The molecule has 0 atom stereocenters. The number of benzene rings is 1. The Labute approximate surface area is 119 Å². The number of hydrogen-bond donors (Lipinski definition) is 2. The summed E-state index contributed by atoms with van der Waals surface area (Å²) in [6.45, 7) is 7.35. The highest BCUT2D eigenvalue weighted by Crippen LogP contribution is 2.17. The van der Waals surface area contributed by atoms with Crippen molar-refractivity contribution in [2.45, 2.75) is 33.2 Å². The number of rotatable bonds is 3. The zero-order valence-corrected chi connectivity index (χ0v) is 12.2. The highest BCUT2D eigenvalue weighted by Gasteiger charge is 2.15. The Morgan fingerprint density at radius 3 is 2.55 bits per heavy atom. The van der Waals surface area contributed by atoms with Crippen molar-refractivity contribution < 1.29 is 14.3 Å². The first kappa shape index (κ1) is 15.8. The van der Waals surface area contributed by atoms with Gasteiger partial charge < -0.3 is 15.4 Å². The number of hydrogen-bond acceptors (Lipinski definition) is 3. The SMILES string of the molecule is C/C=C/C(=O)Nc1cccc(OC(=O)NC(C)(C)C)c1. The van der Waals surface area contributed by atoms with Gasteiger partial charge in [0, 0.05) is 17.3 Å². The third-order valence-corrected chi connectivity index (χ3v) is 2.11. The van der Waals surface area contributed by atoms with E-state index in [4.69, 9.17) is 4.74 Å². The van der Waals surface area contributed by atoms with Crippen LogP contribution in [-0.4, -0.2) is 17.5 Å². The van der Waals surface area contributed by atoms with E-state index in [0.717, 1.165) is 0 Å². The summed E-state index contributed by atoms with van der Waals surface area (Å²) in [4.78, 5) is 23.0. The zero-order valence-electron chi connectivity index (χ0n) is 12.2. The number of anilines is 1. The summed E-state index contributed by atoms with van der Waals surface area (Å²) in [5.41, 5.74) is 0.198. The van der Waals surface area contributed by atoms with Crippen molar-refractivity contribution in [1.82, 2.24) is 5.32 Å². The molecule has 0 unspecified atom stereocenters. The van der Waals surface area contributed by atoms with Crippen LogP contribution in [0.2, 0.25) is 0 Å². The lowest BCUT2D eigenvalue weighted by molar-refractivity contribution is -0.111. The van der Waals surface area contributed by atoms with E-state index >= 15 is 0 Å². The fraction of sp³-hybridized carbons (Fsp3) is 0.333. The van der Waals surface area contributed by atoms with Crippen LogP contribution in [0.1, 0.15) is 27.7 Å². The van der Waals surface area contributed by atoms with Crippen molar-refractivity contribution in [3.05, 3.63) is 36.4 Å². The van der Waals surface area contributed by atoms with Crippen LogP contribution >= 0.6 is 0 Å². The number of amides is 2. The summed E-state index contributed by atoms with van der Waals surface area (Å²) in [6.07, 6.45) is 2.53. The first-order valence-corrected chi connectivity index (χ1v) is 6.34. The van der Waals surface area contributed by atoms with E-state index < -0.39 is 6.09 Å². The predicted molar refractivity (Wildman–Crippen MR) is 78.8 cm³/mol. The van der Waals surface area contributed by atoms with Gasteiger partial charge in [0.05, 0.1) is 0 Å². The number of ether oxygens (including phenoxy) is 1. The molecule has 1 aromatic carbocycles. The van der Waals surface area contributed by atoms with Gasteiger partial charge in [0.2, 0.25) is 5.91 Å². The third kappa shape index (κ3) is 6.04. The summed E-state index contributed by atoms with van der Waals surface area (Å²) in [7, 11) is 0. The molecule has 2 N–H and O–H groups in total. The molecule has 0 saturated carbocycles. The minimum Gasteiger partial charge on any atom is -0.410 e. The van der Waals surface area contributed by atoms with Crippen LogP contribution in [0.5, 0.6) is 5.75 Å². The molecule has 5 heteroatoms. The van der Waals surface area contributed by atoms with Crippen molar-refractivity contribution >= 4 is 17.7 Å². The molecule has 0 aliphatic carbocycles. The van der Waals surface area contributed by atoms with E-state index in [2.05, 4.69) is 10.6 Å². The molecule has 0 spiro atoms. The topological polar surface area (TPSA) is 67.4 Å². The van der Waals surface area contributed by atoms with E-state index in [9.17, 15) is 9.59 Å². The van der Waals surface area contributed by atoms with Gasteiger partial charge in [0.15, 0.2) is 0 Å². The maximum atomic E-state index is 11.6. The van der Waals surface area contributed by atoms with Gasteiger partial charge in [0.25, 0.3) is 0 Å². The van der Waals surface area contributed by atoms with Crippen LogP contribution in [0.4, 0.5) is 10.5 Å². The maximum absolute atomic E-state index is 11.6. The second kappa shape index (κ2) is 6.75. The summed E-state index contributed by atoms with van der Waals surface area (Å²) in [5.74, 6) is 0.133. The highest BCUT2D eigenvalue weighted by atomic mass is 16.6. The average Bonchev–Trinajstić information content (AvgIpc) is 2.26. The van der Waals surface area contributed by atoms with Crippen LogP contribution in [0, 0.1) is 0 Å². The van der Waals surface area contributed by atoms with Crippen LogP contribution in [0.25, 0.3) is 0 Å². The van der Waals surface area contributed by atoms with E-state index in [1.807, 2.05) is 20.8 Å².